The lowest BCUT2D eigenvalue weighted by atomic mass is 10.1. The lowest BCUT2D eigenvalue weighted by Gasteiger charge is -2.16. The zero-order valence-corrected chi connectivity index (χ0v) is 24.9. The predicted molar refractivity (Wildman–Crippen MR) is 162 cm³/mol. The van der Waals surface area contributed by atoms with Crippen LogP contribution < -0.4 is 19.6 Å². The maximum atomic E-state index is 13.1. The largest absolute Gasteiger partial charge is 0.497 e. The monoisotopic (exact) mass is 680 g/mol. The second-order valence-electron chi connectivity index (χ2n) is 7.83. The van der Waals surface area contributed by atoms with Gasteiger partial charge in [0, 0.05) is 16.1 Å². The number of hydrogen-bond donors (Lipinski definition) is 1. The first kappa shape index (κ1) is 28.2. The highest BCUT2D eigenvalue weighted by Crippen LogP contribution is 2.38. The Kier molecular flexibility index (Phi) is 9.53. The number of halogens is 2. The van der Waals surface area contributed by atoms with E-state index in [1.807, 2.05) is 37.3 Å². The smallest absolute Gasteiger partial charge is 0.285 e. The maximum absolute atomic E-state index is 13.1. The zero-order valence-electron chi connectivity index (χ0n) is 20.3. The number of amides is 2. The van der Waals surface area contributed by atoms with Crippen molar-refractivity contribution in [1.82, 2.24) is 10.4 Å². The minimum absolute atomic E-state index is 0.225. The number of hydrogen-bond acceptors (Lipinski definition) is 7. The summed E-state index contributed by atoms with van der Waals surface area (Å²) in [6.45, 7) is 2.59. The number of carbonyl (C=O) groups is 2. The summed E-state index contributed by atoms with van der Waals surface area (Å²) < 4.78 is 18.1. The third-order valence-corrected chi connectivity index (χ3v) is 7.79. The second-order valence-corrected chi connectivity index (χ2v) is 11.1. The molecule has 0 saturated carbocycles. The Bertz CT molecular complexity index is 1420. The minimum Gasteiger partial charge on any atom is -0.497 e. The molecule has 1 N–H and O–H groups in total. The molecule has 1 heterocycles. The average molecular weight is 681 g/mol. The topological polar surface area (TPSA) is 77.1 Å². The van der Waals surface area contributed by atoms with Crippen molar-refractivity contribution < 1.29 is 23.8 Å². The van der Waals surface area contributed by atoms with Crippen LogP contribution in [0.5, 0.6) is 17.2 Å². The number of hydrazine groups is 1. The van der Waals surface area contributed by atoms with E-state index in [0.29, 0.717) is 39.3 Å². The Morgan fingerprint density at radius 2 is 1.89 bits per heavy atom. The molecular formula is C27H22ClIN2O5S2. The molecule has 3 aromatic carbocycles. The summed E-state index contributed by atoms with van der Waals surface area (Å²) in [5, 5.41) is 1.70. The summed E-state index contributed by atoms with van der Waals surface area (Å²) in [6, 6.07) is 17.7. The summed E-state index contributed by atoms with van der Waals surface area (Å²) in [5.74, 6) is 0.869. The molecule has 0 aliphatic carbocycles. The van der Waals surface area contributed by atoms with E-state index in [0.717, 1.165) is 31.5 Å². The van der Waals surface area contributed by atoms with E-state index in [4.69, 9.17) is 38.0 Å². The number of rotatable bonds is 9. The molecular weight excluding hydrogens is 659 g/mol. The fourth-order valence-electron chi connectivity index (χ4n) is 3.46. The van der Waals surface area contributed by atoms with Crippen LogP contribution in [0.3, 0.4) is 0 Å². The molecule has 0 spiro atoms. The highest BCUT2D eigenvalue weighted by atomic mass is 127. The van der Waals surface area contributed by atoms with Crippen molar-refractivity contribution in [3.05, 3.63) is 90.9 Å². The molecule has 0 radical (unpaired) electrons. The van der Waals surface area contributed by atoms with E-state index in [-0.39, 0.29) is 10.9 Å². The molecule has 0 unspecified atom stereocenters. The third kappa shape index (κ3) is 6.60. The van der Waals surface area contributed by atoms with Gasteiger partial charge in [-0.2, -0.15) is 5.01 Å². The summed E-state index contributed by atoms with van der Waals surface area (Å²) in [7, 11) is 1.54. The van der Waals surface area contributed by atoms with Gasteiger partial charge in [0.1, 0.15) is 12.4 Å². The first-order valence-electron chi connectivity index (χ1n) is 11.4. The summed E-state index contributed by atoms with van der Waals surface area (Å²) in [5.41, 5.74) is 4.53. The SMILES string of the molecule is CCOc1cc(/C=C2/SC(=S)N(NC(=O)c3ccc(OC)cc3)C2=O)cc(I)c1OCc1ccccc1Cl. The van der Waals surface area contributed by atoms with Gasteiger partial charge in [0.05, 0.1) is 22.2 Å². The fourth-order valence-corrected chi connectivity index (χ4v) is 5.61. The van der Waals surface area contributed by atoms with Gasteiger partial charge in [-0.25, -0.2) is 0 Å². The number of thiocarbonyl (C=S) groups is 1. The van der Waals surface area contributed by atoms with Crippen LogP contribution in [-0.2, 0) is 11.4 Å². The number of benzene rings is 3. The van der Waals surface area contributed by atoms with Crippen LogP contribution in [0.1, 0.15) is 28.4 Å². The van der Waals surface area contributed by atoms with Gasteiger partial charge in [0.25, 0.3) is 11.8 Å². The van der Waals surface area contributed by atoms with Crippen molar-refractivity contribution in [2.75, 3.05) is 13.7 Å². The molecule has 38 heavy (non-hydrogen) atoms. The molecule has 1 fully saturated rings. The number of carbonyl (C=O) groups excluding carboxylic acids is 2. The molecule has 3 aromatic rings. The van der Waals surface area contributed by atoms with Crippen LogP contribution in [-0.4, -0.2) is 34.9 Å². The molecule has 11 heteroatoms. The molecule has 1 saturated heterocycles. The normalized spacial score (nSPS) is 14.1. The lowest BCUT2D eigenvalue weighted by Crippen LogP contribution is -2.44. The average Bonchev–Trinajstić information content (AvgIpc) is 3.16. The minimum atomic E-state index is -0.460. The number of methoxy groups -OCH3 is 1. The Morgan fingerprint density at radius 1 is 1.16 bits per heavy atom. The molecule has 1 aliphatic heterocycles. The summed E-state index contributed by atoms with van der Waals surface area (Å²) in [6.07, 6.45) is 1.71. The van der Waals surface area contributed by atoms with Gasteiger partial charge >= 0.3 is 0 Å². The Morgan fingerprint density at radius 3 is 2.58 bits per heavy atom. The van der Waals surface area contributed by atoms with Crippen molar-refractivity contribution >= 4 is 80.4 Å². The van der Waals surface area contributed by atoms with E-state index >= 15 is 0 Å². The zero-order chi connectivity index (χ0) is 27.2. The van der Waals surface area contributed by atoms with Gasteiger partial charge in [0.2, 0.25) is 0 Å². The summed E-state index contributed by atoms with van der Waals surface area (Å²) >= 11 is 14.9. The fraction of sp³-hybridized carbons (Fsp3) is 0.148. The lowest BCUT2D eigenvalue weighted by molar-refractivity contribution is -0.123. The predicted octanol–water partition coefficient (Wildman–Crippen LogP) is 6.48. The van der Waals surface area contributed by atoms with Gasteiger partial charge in [-0.05, 0) is 95.8 Å². The molecule has 0 aromatic heterocycles. The molecule has 2 amide bonds. The molecule has 196 valence electrons. The van der Waals surface area contributed by atoms with Crippen molar-refractivity contribution in [1.29, 1.82) is 0 Å². The van der Waals surface area contributed by atoms with Gasteiger partial charge in [-0.3, -0.25) is 15.0 Å². The number of ether oxygens (including phenoxy) is 3. The van der Waals surface area contributed by atoms with Gasteiger partial charge in [0.15, 0.2) is 15.8 Å². The number of thioether (sulfide) groups is 1. The molecule has 0 bridgehead atoms. The van der Waals surface area contributed by atoms with E-state index in [1.165, 1.54) is 0 Å². The number of nitrogens with one attached hydrogen (secondary N) is 1. The van der Waals surface area contributed by atoms with Gasteiger partial charge in [-0.15, -0.1) is 0 Å². The van der Waals surface area contributed by atoms with Gasteiger partial charge < -0.3 is 14.2 Å². The van der Waals surface area contributed by atoms with E-state index in [9.17, 15) is 9.59 Å². The van der Waals surface area contributed by atoms with Crippen LogP contribution in [0.15, 0.2) is 65.6 Å². The van der Waals surface area contributed by atoms with Crippen molar-refractivity contribution in [2.24, 2.45) is 0 Å². The van der Waals surface area contributed by atoms with E-state index in [2.05, 4.69) is 28.0 Å². The highest BCUT2D eigenvalue weighted by Gasteiger charge is 2.34. The standard InChI is InChI=1S/C27H22ClIN2O5S2/c1-3-35-22-13-16(12-21(29)24(22)36-15-18-6-4-5-7-20(18)28)14-23-26(33)31(27(37)38-23)30-25(32)17-8-10-19(34-2)11-9-17/h4-14H,3,15H2,1-2H3,(H,30,32)/b23-14+. The van der Waals surface area contributed by atoms with Crippen molar-refractivity contribution in [2.45, 2.75) is 13.5 Å². The summed E-state index contributed by atoms with van der Waals surface area (Å²) in [4.78, 5) is 26.1. The van der Waals surface area contributed by atoms with E-state index in [1.54, 1.807) is 43.5 Å². The Labute approximate surface area is 248 Å². The quantitative estimate of drug-likeness (QED) is 0.158. The van der Waals surface area contributed by atoms with Crippen molar-refractivity contribution in [3.63, 3.8) is 0 Å². The van der Waals surface area contributed by atoms with Gasteiger partial charge in [-0.1, -0.05) is 41.6 Å². The third-order valence-electron chi connectivity index (χ3n) is 5.32. The van der Waals surface area contributed by atoms with Crippen LogP contribution in [0, 0.1) is 3.57 Å². The molecule has 4 rings (SSSR count). The second kappa shape index (κ2) is 12.8. The molecule has 1 aliphatic rings. The van der Waals surface area contributed by atoms with Crippen LogP contribution in [0.25, 0.3) is 6.08 Å². The number of nitrogens with zero attached hydrogens (tertiary/aromatic N) is 1. The Balaban J connectivity index is 1.52. The molecule has 0 atom stereocenters. The molecule has 7 nitrogen and oxygen atoms in total. The first-order valence-corrected chi connectivity index (χ1v) is 14.0. The first-order chi connectivity index (χ1) is 18.3. The van der Waals surface area contributed by atoms with Crippen molar-refractivity contribution in [3.8, 4) is 17.2 Å². The van der Waals surface area contributed by atoms with Crippen LogP contribution >= 0.6 is 58.2 Å². The highest BCUT2D eigenvalue weighted by molar-refractivity contribution is 14.1. The van der Waals surface area contributed by atoms with Crippen LogP contribution in [0.2, 0.25) is 5.02 Å². The van der Waals surface area contributed by atoms with E-state index < -0.39 is 11.8 Å². The maximum Gasteiger partial charge on any atom is 0.285 e. The van der Waals surface area contributed by atoms with Crippen LogP contribution in [0.4, 0.5) is 0 Å². The Hall–Kier alpha value is -2.80.